The third kappa shape index (κ3) is 8.91. The molecule has 0 bridgehead atoms. The summed E-state index contributed by atoms with van der Waals surface area (Å²) in [6.07, 6.45) is 5.15. The highest BCUT2D eigenvalue weighted by molar-refractivity contribution is 7.91. The van der Waals surface area contributed by atoms with Gasteiger partial charge in [0.2, 0.25) is 0 Å². The summed E-state index contributed by atoms with van der Waals surface area (Å²) >= 11 is 0. The molecule has 0 aliphatic heterocycles. The Hall–Kier alpha value is -2.41. The lowest BCUT2D eigenvalue weighted by molar-refractivity contribution is -0.194. The Labute approximate surface area is 218 Å². The van der Waals surface area contributed by atoms with Crippen molar-refractivity contribution >= 4 is 9.84 Å². The molecule has 0 saturated carbocycles. The third-order valence-electron chi connectivity index (χ3n) is 6.21. The van der Waals surface area contributed by atoms with Crippen molar-refractivity contribution in [3.63, 3.8) is 0 Å². The number of hydrogen-bond acceptors (Lipinski definition) is 5. The first-order valence-corrected chi connectivity index (χ1v) is 14.3. The van der Waals surface area contributed by atoms with Crippen LogP contribution in [0.4, 0.5) is 0 Å². The maximum absolute atomic E-state index is 13.9. The molecule has 0 aliphatic rings. The summed E-state index contributed by atoms with van der Waals surface area (Å²) in [5.41, 5.74) is 2.82. The van der Waals surface area contributed by atoms with Gasteiger partial charge in [0.05, 0.1) is 30.0 Å². The first-order chi connectivity index (χ1) is 17.1. The van der Waals surface area contributed by atoms with Gasteiger partial charge in [-0.05, 0) is 62.9 Å². The number of rotatable bonds is 16. The topological polar surface area (TPSA) is 61.8 Å². The van der Waals surface area contributed by atoms with Gasteiger partial charge < -0.3 is 14.2 Å². The van der Waals surface area contributed by atoms with Crippen LogP contribution in [0.3, 0.4) is 0 Å². The summed E-state index contributed by atoms with van der Waals surface area (Å²) in [5.74, 6) is 0.363. The van der Waals surface area contributed by atoms with Crippen LogP contribution in [-0.2, 0) is 25.7 Å². The second-order valence-corrected chi connectivity index (χ2v) is 11.3. The summed E-state index contributed by atoms with van der Waals surface area (Å²) in [6, 6.07) is 13.3. The number of aryl methyl sites for hydroxylation is 1. The monoisotopic (exact) mass is 514 g/mol. The van der Waals surface area contributed by atoms with E-state index in [9.17, 15) is 8.42 Å². The fourth-order valence-electron chi connectivity index (χ4n) is 4.04. The number of methoxy groups -OCH3 is 1. The Kier molecular flexibility index (Phi) is 11.9. The first-order valence-electron chi connectivity index (χ1n) is 12.6. The lowest BCUT2D eigenvalue weighted by Gasteiger charge is -2.31. The molecule has 0 fully saturated rings. The van der Waals surface area contributed by atoms with Crippen molar-refractivity contribution in [2.75, 3.05) is 12.9 Å². The van der Waals surface area contributed by atoms with Crippen molar-refractivity contribution in [2.24, 2.45) is 5.92 Å². The molecule has 3 atom stereocenters. The molecule has 0 aromatic heterocycles. The Bertz CT molecular complexity index is 1060. The van der Waals surface area contributed by atoms with E-state index in [0.717, 1.165) is 35.3 Å². The number of unbranched alkanes of at least 4 members (excludes halogenated alkanes) is 1. The van der Waals surface area contributed by atoms with Crippen molar-refractivity contribution in [3.8, 4) is 5.75 Å². The lowest BCUT2D eigenvalue weighted by atomic mass is 10.0. The van der Waals surface area contributed by atoms with Crippen LogP contribution in [0.5, 0.6) is 5.75 Å². The molecule has 0 saturated heterocycles. The van der Waals surface area contributed by atoms with Crippen LogP contribution >= 0.6 is 0 Å². The van der Waals surface area contributed by atoms with Gasteiger partial charge in [-0.2, -0.15) is 0 Å². The van der Waals surface area contributed by atoms with Crippen molar-refractivity contribution in [2.45, 2.75) is 76.8 Å². The predicted molar refractivity (Wildman–Crippen MR) is 147 cm³/mol. The molecule has 2 rings (SSSR count). The van der Waals surface area contributed by atoms with Gasteiger partial charge in [-0.25, -0.2) is 8.42 Å². The lowest BCUT2D eigenvalue weighted by Crippen LogP contribution is -2.36. The number of benzene rings is 2. The minimum absolute atomic E-state index is 0.0654. The average molecular weight is 515 g/mol. The van der Waals surface area contributed by atoms with Crippen LogP contribution in [-0.4, -0.2) is 39.8 Å². The largest absolute Gasteiger partial charge is 0.497 e. The smallest absolute Gasteiger partial charge is 0.179 e. The zero-order valence-corrected chi connectivity index (χ0v) is 23.2. The summed E-state index contributed by atoms with van der Waals surface area (Å²) < 4.78 is 45.2. The van der Waals surface area contributed by atoms with E-state index >= 15 is 0 Å². The number of hydrogen-bond donors (Lipinski definition) is 0. The van der Waals surface area contributed by atoms with Gasteiger partial charge in [-0.1, -0.05) is 61.7 Å². The quantitative estimate of drug-likeness (QED) is 0.185. The minimum atomic E-state index is -3.64. The van der Waals surface area contributed by atoms with Crippen LogP contribution in [0.25, 0.3) is 0 Å². The van der Waals surface area contributed by atoms with Crippen LogP contribution in [0.15, 0.2) is 72.7 Å². The van der Waals surface area contributed by atoms with Crippen molar-refractivity contribution in [1.29, 1.82) is 0 Å². The van der Waals surface area contributed by atoms with E-state index in [4.69, 9.17) is 14.2 Å². The molecule has 36 heavy (non-hydrogen) atoms. The molecule has 0 heterocycles. The fraction of sp³-hybridized carbons (Fsp3) is 0.467. The van der Waals surface area contributed by atoms with Crippen LogP contribution in [0.2, 0.25) is 0 Å². The second-order valence-electron chi connectivity index (χ2n) is 9.34. The molecule has 0 amide bonds. The molecular formula is C30H42O5S. The zero-order chi connectivity index (χ0) is 26.7. The van der Waals surface area contributed by atoms with E-state index < -0.39 is 16.1 Å². The van der Waals surface area contributed by atoms with Gasteiger partial charge >= 0.3 is 0 Å². The maximum Gasteiger partial charge on any atom is 0.179 e. The number of ether oxygens (including phenoxy) is 3. The van der Waals surface area contributed by atoms with Gasteiger partial charge in [-0.15, -0.1) is 13.2 Å². The Balaban J connectivity index is 2.41. The van der Waals surface area contributed by atoms with E-state index in [-0.39, 0.29) is 23.9 Å². The van der Waals surface area contributed by atoms with Crippen molar-refractivity contribution < 1.29 is 22.6 Å². The molecular weight excluding hydrogens is 472 g/mol. The normalized spacial score (nSPS) is 15.0. The Morgan fingerprint density at radius 3 is 2.11 bits per heavy atom. The molecule has 0 N–H and O–H groups in total. The summed E-state index contributed by atoms with van der Waals surface area (Å²) in [5, 5.41) is 0. The van der Waals surface area contributed by atoms with Gasteiger partial charge in [0.1, 0.15) is 5.75 Å². The van der Waals surface area contributed by atoms with Gasteiger partial charge in [-0.3, -0.25) is 0 Å². The molecule has 0 aliphatic carbocycles. The Morgan fingerprint density at radius 1 is 0.972 bits per heavy atom. The van der Waals surface area contributed by atoms with E-state index in [2.05, 4.69) is 20.1 Å². The number of sulfone groups is 1. The SMILES string of the molecule is C=CC(C)OC(OC(C)C=C)C(CCCC)CS(=O)(=O)c1ccc(C)cc1Cc1ccc(OC)cc1. The van der Waals surface area contributed by atoms with E-state index in [1.807, 2.05) is 57.2 Å². The molecule has 0 radical (unpaired) electrons. The standard InChI is InChI=1S/C30H42O5S/c1-8-11-12-26(30(34-23(5)9-2)35-24(6)10-3)21-36(31,32)29-18-13-22(4)19-27(29)20-25-14-16-28(33-7)17-15-25/h9-10,13-19,23-24,26,30H,2-3,8,11-12,20-21H2,1,4-7H3. The Morgan fingerprint density at radius 2 is 1.58 bits per heavy atom. The van der Waals surface area contributed by atoms with Crippen molar-refractivity contribution in [3.05, 3.63) is 84.5 Å². The van der Waals surface area contributed by atoms with Crippen LogP contribution in [0.1, 0.15) is 56.7 Å². The first kappa shape index (κ1) is 29.8. The molecule has 2 aromatic carbocycles. The van der Waals surface area contributed by atoms with E-state index in [1.165, 1.54) is 0 Å². The average Bonchev–Trinajstić information content (AvgIpc) is 2.86. The fourth-order valence-corrected chi connectivity index (χ4v) is 5.91. The second kappa shape index (κ2) is 14.4. The summed E-state index contributed by atoms with van der Waals surface area (Å²) in [6.45, 7) is 15.4. The molecule has 6 heteroatoms. The summed E-state index contributed by atoms with van der Waals surface area (Å²) in [7, 11) is -2.01. The summed E-state index contributed by atoms with van der Waals surface area (Å²) in [4.78, 5) is 0.359. The molecule has 198 valence electrons. The highest BCUT2D eigenvalue weighted by Gasteiger charge is 2.32. The third-order valence-corrected chi connectivity index (χ3v) is 8.15. The molecule has 2 aromatic rings. The van der Waals surface area contributed by atoms with Crippen molar-refractivity contribution in [1.82, 2.24) is 0 Å². The van der Waals surface area contributed by atoms with Gasteiger partial charge in [0.15, 0.2) is 16.1 Å². The molecule has 5 nitrogen and oxygen atoms in total. The van der Waals surface area contributed by atoms with Crippen LogP contribution in [0, 0.1) is 12.8 Å². The van der Waals surface area contributed by atoms with Crippen LogP contribution < -0.4 is 4.74 Å². The molecule has 3 unspecified atom stereocenters. The van der Waals surface area contributed by atoms with Gasteiger partial charge in [0, 0.05) is 5.92 Å². The molecule has 0 spiro atoms. The highest BCUT2D eigenvalue weighted by atomic mass is 32.2. The van der Waals surface area contributed by atoms with Gasteiger partial charge in [0.25, 0.3) is 0 Å². The van der Waals surface area contributed by atoms with E-state index in [1.54, 1.807) is 25.3 Å². The van der Waals surface area contributed by atoms with E-state index in [0.29, 0.717) is 17.7 Å². The maximum atomic E-state index is 13.9. The predicted octanol–water partition coefficient (Wildman–Crippen LogP) is 6.68. The minimum Gasteiger partial charge on any atom is -0.497 e. The highest BCUT2D eigenvalue weighted by Crippen LogP contribution is 2.28. The zero-order valence-electron chi connectivity index (χ0n) is 22.4.